The summed E-state index contributed by atoms with van der Waals surface area (Å²) in [5.41, 5.74) is -0.772. The van der Waals surface area contributed by atoms with E-state index in [-0.39, 0.29) is 17.5 Å². The van der Waals surface area contributed by atoms with Crippen molar-refractivity contribution in [2.24, 2.45) is 0 Å². The lowest BCUT2D eigenvalue weighted by molar-refractivity contribution is -0.150. The number of aliphatic carboxylic acids is 1. The zero-order chi connectivity index (χ0) is 15.1. The molecule has 6 heteroatoms. The minimum atomic E-state index is -1.57. The van der Waals surface area contributed by atoms with Gasteiger partial charge in [-0.2, -0.15) is 0 Å². The highest BCUT2D eigenvalue weighted by Gasteiger charge is 2.43. The predicted octanol–water partition coefficient (Wildman–Crippen LogP) is 2.88. The summed E-state index contributed by atoms with van der Waals surface area (Å²) in [6.45, 7) is 1.30. The van der Waals surface area contributed by atoms with Gasteiger partial charge in [0.05, 0.1) is 0 Å². The molecule has 0 unspecified atom stereocenters. The molecule has 108 valence electrons. The Morgan fingerprint density at radius 3 is 2.30 bits per heavy atom. The van der Waals surface area contributed by atoms with Gasteiger partial charge in [-0.15, -0.1) is 0 Å². The molecule has 0 heterocycles. The minimum Gasteiger partial charge on any atom is -0.476 e. The Morgan fingerprint density at radius 2 is 1.85 bits per heavy atom. The van der Waals surface area contributed by atoms with Crippen LogP contribution < -0.4 is 0 Å². The highest BCUT2D eigenvalue weighted by Crippen LogP contribution is 2.48. The first-order chi connectivity index (χ1) is 9.28. The van der Waals surface area contributed by atoms with Crippen molar-refractivity contribution in [3.05, 3.63) is 34.6 Å². The van der Waals surface area contributed by atoms with Crippen LogP contribution in [-0.2, 0) is 15.0 Å². The SMILES string of the molecule is Cc1c(C2(CC(=O)C(=O)O)CCC2)cc(F)c(F)c1F. The monoisotopic (exact) mass is 286 g/mol. The van der Waals surface area contributed by atoms with E-state index in [4.69, 9.17) is 5.11 Å². The summed E-state index contributed by atoms with van der Waals surface area (Å²) >= 11 is 0. The molecule has 1 aliphatic rings. The van der Waals surface area contributed by atoms with Crippen molar-refractivity contribution in [1.29, 1.82) is 0 Å². The molecule has 2 rings (SSSR count). The Labute approximate surface area is 113 Å². The number of halogens is 3. The highest BCUT2D eigenvalue weighted by molar-refractivity contribution is 6.32. The molecule has 3 nitrogen and oxygen atoms in total. The number of benzene rings is 1. The number of hydrogen-bond donors (Lipinski definition) is 1. The number of hydrogen-bond acceptors (Lipinski definition) is 2. The van der Waals surface area contributed by atoms with Crippen LogP contribution >= 0.6 is 0 Å². The second kappa shape index (κ2) is 4.92. The zero-order valence-electron chi connectivity index (χ0n) is 10.8. The van der Waals surface area contributed by atoms with Crippen LogP contribution in [0.2, 0.25) is 0 Å². The van der Waals surface area contributed by atoms with Crippen molar-refractivity contribution in [2.75, 3.05) is 0 Å². The second-order valence-corrected chi connectivity index (χ2v) is 5.20. The molecule has 1 fully saturated rings. The lowest BCUT2D eigenvalue weighted by atomic mass is 9.61. The molecule has 1 saturated carbocycles. The highest BCUT2D eigenvalue weighted by atomic mass is 19.2. The molecule has 0 radical (unpaired) electrons. The summed E-state index contributed by atoms with van der Waals surface area (Å²) in [6, 6.07) is 0.877. The largest absolute Gasteiger partial charge is 0.476 e. The molecular formula is C14H13F3O3. The van der Waals surface area contributed by atoms with Crippen LogP contribution in [0.5, 0.6) is 0 Å². The molecule has 0 saturated heterocycles. The van der Waals surface area contributed by atoms with E-state index in [1.54, 1.807) is 0 Å². The van der Waals surface area contributed by atoms with Gasteiger partial charge >= 0.3 is 5.97 Å². The molecular weight excluding hydrogens is 273 g/mol. The fourth-order valence-corrected chi connectivity index (χ4v) is 2.76. The first-order valence-electron chi connectivity index (χ1n) is 6.19. The van der Waals surface area contributed by atoms with Crippen LogP contribution in [0.1, 0.15) is 36.8 Å². The zero-order valence-corrected chi connectivity index (χ0v) is 10.8. The van der Waals surface area contributed by atoms with E-state index in [0.29, 0.717) is 12.8 Å². The van der Waals surface area contributed by atoms with Gasteiger partial charge in [-0.25, -0.2) is 18.0 Å². The summed E-state index contributed by atoms with van der Waals surface area (Å²) in [5, 5.41) is 8.68. The predicted molar refractivity (Wildman–Crippen MR) is 63.8 cm³/mol. The number of Topliss-reactive ketones (excluding diaryl/α,β-unsaturated/α-hetero) is 1. The van der Waals surface area contributed by atoms with Crippen molar-refractivity contribution >= 4 is 11.8 Å². The van der Waals surface area contributed by atoms with Gasteiger partial charge in [0, 0.05) is 11.8 Å². The molecule has 1 N–H and O–H groups in total. The van der Waals surface area contributed by atoms with Gasteiger partial charge in [0.2, 0.25) is 5.78 Å². The van der Waals surface area contributed by atoms with E-state index in [1.165, 1.54) is 6.92 Å². The summed E-state index contributed by atoms with van der Waals surface area (Å²) in [4.78, 5) is 22.1. The molecule has 1 aromatic rings. The van der Waals surface area contributed by atoms with Gasteiger partial charge < -0.3 is 5.11 Å². The average molecular weight is 286 g/mol. The third-order valence-electron chi connectivity index (χ3n) is 4.03. The van der Waals surface area contributed by atoms with Gasteiger partial charge in [0.15, 0.2) is 17.5 Å². The second-order valence-electron chi connectivity index (χ2n) is 5.20. The standard InChI is InChI=1S/C14H13F3O3/c1-7-8(5-9(15)12(17)11(7)16)14(3-2-4-14)6-10(18)13(19)20/h5H,2-4,6H2,1H3,(H,19,20). The van der Waals surface area contributed by atoms with Crippen LogP contribution in [0.4, 0.5) is 13.2 Å². The Hall–Kier alpha value is -1.85. The number of carbonyl (C=O) groups excluding carboxylic acids is 1. The Bertz CT molecular complexity index is 592. The lowest BCUT2D eigenvalue weighted by Gasteiger charge is -2.42. The number of rotatable bonds is 4. The van der Waals surface area contributed by atoms with Crippen molar-refractivity contribution in [2.45, 2.75) is 38.0 Å². The van der Waals surface area contributed by atoms with Crippen molar-refractivity contribution in [1.82, 2.24) is 0 Å². The van der Waals surface area contributed by atoms with E-state index in [2.05, 4.69) is 0 Å². The first kappa shape index (κ1) is 14.6. The molecule has 0 atom stereocenters. The summed E-state index contributed by atoms with van der Waals surface area (Å²) in [6.07, 6.45) is 1.31. The Kier molecular flexibility index (Phi) is 3.58. The summed E-state index contributed by atoms with van der Waals surface area (Å²) in [5.74, 6) is -6.73. The fourth-order valence-electron chi connectivity index (χ4n) is 2.76. The van der Waals surface area contributed by atoms with Crippen LogP contribution in [-0.4, -0.2) is 16.9 Å². The maximum absolute atomic E-state index is 13.6. The van der Waals surface area contributed by atoms with Crippen LogP contribution in [0, 0.1) is 24.4 Å². The molecule has 0 amide bonds. The van der Waals surface area contributed by atoms with Gasteiger partial charge in [0.1, 0.15) is 0 Å². The molecule has 1 aromatic carbocycles. The molecule has 20 heavy (non-hydrogen) atoms. The van der Waals surface area contributed by atoms with Crippen molar-refractivity contribution < 1.29 is 27.9 Å². The van der Waals surface area contributed by atoms with Gasteiger partial charge in [-0.05, 0) is 37.0 Å². The molecule has 0 aliphatic heterocycles. The van der Waals surface area contributed by atoms with Gasteiger partial charge in [-0.1, -0.05) is 6.42 Å². The number of carboxylic acid groups (broad SMARTS) is 1. The van der Waals surface area contributed by atoms with Crippen LogP contribution in [0.15, 0.2) is 6.07 Å². The van der Waals surface area contributed by atoms with Gasteiger partial charge in [-0.3, -0.25) is 4.79 Å². The normalized spacial score (nSPS) is 16.6. The molecule has 1 aliphatic carbocycles. The quantitative estimate of drug-likeness (QED) is 0.684. The van der Waals surface area contributed by atoms with E-state index in [0.717, 1.165) is 12.5 Å². The maximum atomic E-state index is 13.6. The third kappa shape index (κ3) is 2.19. The lowest BCUT2D eigenvalue weighted by Crippen LogP contribution is -2.39. The average Bonchev–Trinajstić information content (AvgIpc) is 2.35. The number of ketones is 1. The summed E-state index contributed by atoms with van der Waals surface area (Å²) in [7, 11) is 0. The van der Waals surface area contributed by atoms with E-state index in [1.807, 2.05) is 0 Å². The van der Waals surface area contributed by atoms with E-state index >= 15 is 0 Å². The van der Waals surface area contributed by atoms with Gasteiger partial charge in [0.25, 0.3) is 0 Å². The fraction of sp³-hybridized carbons (Fsp3) is 0.429. The smallest absolute Gasteiger partial charge is 0.372 e. The topological polar surface area (TPSA) is 54.4 Å². The minimum absolute atomic E-state index is 0.0678. The summed E-state index contributed by atoms with van der Waals surface area (Å²) < 4.78 is 40.2. The Balaban J connectivity index is 2.47. The number of carbonyl (C=O) groups is 2. The molecule has 0 bridgehead atoms. The number of carboxylic acids is 1. The van der Waals surface area contributed by atoms with E-state index < -0.39 is 34.6 Å². The van der Waals surface area contributed by atoms with E-state index in [9.17, 15) is 22.8 Å². The molecule has 0 spiro atoms. The van der Waals surface area contributed by atoms with Crippen LogP contribution in [0.25, 0.3) is 0 Å². The molecule has 0 aromatic heterocycles. The third-order valence-corrected chi connectivity index (χ3v) is 4.03. The van der Waals surface area contributed by atoms with Crippen molar-refractivity contribution in [3.8, 4) is 0 Å². The Morgan fingerprint density at radius 1 is 1.25 bits per heavy atom. The maximum Gasteiger partial charge on any atom is 0.372 e. The first-order valence-corrected chi connectivity index (χ1v) is 6.19. The van der Waals surface area contributed by atoms with Crippen LogP contribution in [0.3, 0.4) is 0 Å². The van der Waals surface area contributed by atoms with Crippen molar-refractivity contribution in [3.63, 3.8) is 0 Å².